The van der Waals surface area contributed by atoms with Gasteiger partial charge in [-0.15, -0.1) is 0 Å². The lowest BCUT2D eigenvalue weighted by atomic mass is 10.0. The second-order valence-electron chi connectivity index (χ2n) is 3.17. The molecule has 0 amide bonds. The van der Waals surface area contributed by atoms with Crippen LogP contribution in [0.15, 0.2) is 24.4 Å². The summed E-state index contributed by atoms with van der Waals surface area (Å²) in [7, 11) is 0. The fourth-order valence-electron chi connectivity index (χ4n) is 1.38. The summed E-state index contributed by atoms with van der Waals surface area (Å²) in [6.45, 7) is 0. The van der Waals surface area contributed by atoms with E-state index in [1.165, 1.54) is 0 Å². The van der Waals surface area contributed by atoms with E-state index in [4.69, 9.17) is 0 Å². The summed E-state index contributed by atoms with van der Waals surface area (Å²) >= 11 is 0. The highest BCUT2D eigenvalue weighted by Crippen LogP contribution is 2.51. The predicted molar refractivity (Wildman–Crippen MR) is 41.2 cm³/mol. The number of aromatic nitrogens is 1. The molecule has 0 atom stereocenters. The molecule has 12 heavy (non-hydrogen) atoms. The Balaban J connectivity index is 2.31. The quantitative estimate of drug-likeness (QED) is 0.662. The number of rotatable bonds is 2. The van der Waals surface area contributed by atoms with Crippen LogP contribution in [0.25, 0.3) is 0 Å². The van der Waals surface area contributed by atoms with Crippen molar-refractivity contribution >= 4 is 0 Å². The third-order valence-corrected chi connectivity index (χ3v) is 2.38. The zero-order chi connectivity index (χ0) is 8.60. The maximum atomic E-state index is 12.5. The van der Waals surface area contributed by atoms with Crippen LogP contribution in [0.5, 0.6) is 0 Å². The smallest absolute Gasteiger partial charge is 0.249 e. The molecule has 1 heterocycles. The molecule has 1 aliphatic carbocycles. The fourth-order valence-corrected chi connectivity index (χ4v) is 1.38. The Labute approximate surface area is 69.4 Å². The van der Waals surface area contributed by atoms with E-state index in [9.17, 15) is 8.78 Å². The molecule has 1 aliphatic rings. The third kappa shape index (κ3) is 1.00. The van der Waals surface area contributed by atoms with Crippen LogP contribution in [0.2, 0.25) is 0 Å². The number of hydrogen-bond donors (Lipinski definition) is 0. The maximum absolute atomic E-state index is 12.5. The summed E-state index contributed by atoms with van der Waals surface area (Å²) in [5.74, 6) is 0. The first-order valence-corrected chi connectivity index (χ1v) is 3.95. The number of nitrogens with zero attached hydrogens (tertiary/aromatic N) is 1. The lowest BCUT2D eigenvalue weighted by Gasteiger charge is -2.11. The van der Waals surface area contributed by atoms with Crippen molar-refractivity contribution in [2.75, 3.05) is 0 Å². The van der Waals surface area contributed by atoms with Crippen LogP contribution >= 0.6 is 0 Å². The van der Waals surface area contributed by atoms with Gasteiger partial charge in [-0.25, -0.2) is 8.78 Å². The van der Waals surface area contributed by atoms with E-state index in [1.54, 1.807) is 24.4 Å². The van der Waals surface area contributed by atoms with E-state index in [1.807, 2.05) is 0 Å². The standard InChI is InChI=1S/C9H9F2N/c10-8(11)9(4-5-9)7-3-1-2-6-12-7/h1-3,6,8H,4-5H2. The first kappa shape index (κ1) is 7.65. The molecule has 64 valence electrons. The van der Waals surface area contributed by atoms with Crippen LogP contribution in [-0.2, 0) is 5.41 Å². The van der Waals surface area contributed by atoms with Gasteiger partial charge in [0.05, 0.1) is 11.1 Å². The molecule has 0 saturated heterocycles. The minimum atomic E-state index is -2.27. The van der Waals surface area contributed by atoms with Gasteiger partial charge in [0.25, 0.3) is 0 Å². The van der Waals surface area contributed by atoms with Crippen LogP contribution in [0, 0.1) is 0 Å². The minimum absolute atomic E-state index is 0.542. The molecule has 3 heteroatoms. The zero-order valence-corrected chi connectivity index (χ0v) is 6.50. The molecule has 0 N–H and O–H groups in total. The highest BCUT2D eigenvalue weighted by molar-refractivity contribution is 5.25. The van der Waals surface area contributed by atoms with E-state index in [-0.39, 0.29) is 0 Å². The molecule has 0 aromatic carbocycles. The third-order valence-electron chi connectivity index (χ3n) is 2.38. The Morgan fingerprint density at radius 1 is 1.33 bits per heavy atom. The van der Waals surface area contributed by atoms with Crippen LogP contribution in [-0.4, -0.2) is 11.4 Å². The van der Waals surface area contributed by atoms with Crippen LogP contribution in [0.3, 0.4) is 0 Å². The molecule has 1 fully saturated rings. The monoisotopic (exact) mass is 169 g/mol. The molecule has 2 rings (SSSR count). The predicted octanol–water partition coefficient (Wildman–Crippen LogP) is 2.38. The number of hydrogen-bond acceptors (Lipinski definition) is 1. The SMILES string of the molecule is FC(F)C1(c2ccccn2)CC1. The van der Waals surface area contributed by atoms with E-state index < -0.39 is 11.8 Å². The summed E-state index contributed by atoms with van der Waals surface area (Å²) in [4.78, 5) is 3.95. The Hall–Kier alpha value is -0.990. The van der Waals surface area contributed by atoms with E-state index in [2.05, 4.69) is 4.98 Å². The second-order valence-corrected chi connectivity index (χ2v) is 3.17. The normalized spacial score (nSPS) is 19.6. The van der Waals surface area contributed by atoms with Gasteiger partial charge in [-0.05, 0) is 25.0 Å². The lowest BCUT2D eigenvalue weighted by molar-refractivity contribution is 0.0998. The van der Waals surface area contributed by atoms with Crippen LogP contribution in [0.4, 0.5) is 8.78 Å². The number of pyridine rings is 1. The van der Waals surface area contributed by atoms with Crippen molar-refractivity contribution in [3.63, 3.8) is 0 Å². The van der Waals surface area contributed by atoms with Gasteiger partial charge < -0.3 is 0 Å². The van der Waals surface area contributed by atoms with Gasteiger partial charge in [0.2, 0.25) is 6.43 Å². The molecule has 1 aromatic rings. The summed E-state index contributed by atoms with van der Waals surface area (Å²) in [6, 6.07) is 5.18. The van der Waals surface area contributed by atoms with Gasteiger partial charge in [0.15, 0.2) is 0 Å². The number of alkyl halides is 2. The molecule has 0 radical (unpaired) electrons. The van der Waals surface area contributed by atoms with Crippen molar-refractivity contribution in [1.82, 2.24) is 4.98 Å². The highest BCUT2D eigenvalue weighted by atomic mass is 19.3. The van der Waals surface area contributed by atoms with Crippen molar-refractivity contribution in [1.29, 1.82) is 0 Å². The maximum Gasteiger partial charge on any atom is 0.249 e. The van der Waals surface area contributed by atoms with Gasteiger partial charge in [0, 0.05) is 6.20 Å². The summed E-state index contributed by atoms with van der Waals surface area (Å²) in [5, 5.41) is 0. The van der Waals surface area contributed by atoms with Crippen molar-refractivity contribution in [2.45, 2.75) is 24.7 Å². The Morgan fingerprint density at radius 2 is 2.08 bits per heavy atom. The molecular formula is C9H9F2N. The van der Waals surface area contributed by atoms with Crippen LogP contribution < -0.4 is 0 Å². The fraction of sp³-hybridized carbons (Fsp3) is 0.444. The van der Waals surface area contributed by atoms with Gasteiger partial charge in [0.1, 0.15) is 0 Å². The molecule has 0 bridgehead atoms. The Kier molecular flexibility index (Phi) is 1.60. The second kappa shape index (κ2) is 2.51. The van der Waals surface area contributed by atoms with Gasteiger partial charge in [-0.2, -0.15) is 0 Å². The minimum Gasteiger partial charge on any atom is -0.260 e. The Morgan fingerprint density at radius 3 is 2.50 bits per heavy atom. The van der Waals surface area contributed by atoms with Crippen molar-refractivity contribution < 1.29 is 8.78 Å². The van der Waals surface area contributed by atoms with Gasteiger partial charge in [-0.3, -0.25) is 4.98 Å². The molecule has 1 nitrogen and oxygen atoms in total. The van der Waals surface area contributed by atoms with Crippen LogP contribution in [0.1, 0.15) is 18.5 Å². The summed E-state index contributed by atoms with van der Waals surface area (Å²) in [6.07, 6.45) is 0.439. The van der Waals surface area contributed by atoms with E-state index in [0.717, 1.165) is 0 Å². The molecule has 1 aromatic heterocycles. The molecule has 0 unspecified atom stereocenters. The van der Waals surface area contributed by atoms with E-state index in [0.29, 0.717) is 18.5 Å². The van der Waals surface area contributed by atoms with Gasteiger partial charge >= 0.3 is 0 Å². The van der Waals surface area contributed by atoms with E-state index >= 15 is 0 Å². The first-order valence-electron chi connectivity index (χ1n) is 3.95. The van der Waals surface area contributed by atoms with Gasteiger partial charge in [-0.1, -0.05) is 6.07 Å². The largest absolute Gasteiger partial charge is 0.260 e. The molecule has 0 spiro atoms. The molecule has 1 saturated carbocycles. The average Bonchev–Trinajstić information content (AvgIpc) is 2.86. The van der Waals surface area contributed by atoms with Crippen molar-refractivity contribution in [3.05, 3.63) is 30.1 Å². The molecule has 0 aliphatic heterocycles. The van der Waals surface area contributed by atoms with Crippen molar-refractivity contribution in [3.8, 4) is 0 Å². The lowest BCUT2D eigenvalue weighted by Crippen LogP contribution is -2.18. The average molecular weight is 169 g/mol. The molecular weight excluding hydrogens is 160 g/mol. The van der Waals surface area contributed by atoms with Crippen molar-refractivity contribution in [2.24, 2.45) is 0 Å². The topological polar surface area (TPSA) is 12.9 Å². The highest BCUT2D eigenvalue weighted by Gasteiger charge is 2.53. The summed E-state index contributed by atoms with van der Waals surface area (Å²) < 4.78 is 25.0. The number of halogens is 2. The zero-order valence-electron chi connectivity index (χ0n) is 6.50. The summed E-state index contributed by atoms with van der Waals surface area (Å²) in [5.41, 5.74) is -0.360. The Bertz CT molecular complexity index is 267. The first-order chi connectivity index (χ1) is 5.76.